The Morgan fingerprint density at radius 1 is 0.579 bits per heavy atom. The van der Waals surface area contributed by atoms with E-state index in [-0.39, 0.29) is 22.8 Å². The molecule has 3 aromatic carbocycles. The molecular weight excluding hydrogens is 240 g/mol. The van der Waals surface area contributed by atoms with E-state index in [1.54, 1.807) is 18.2 Å². The summed E-state index contributed by atoms with van der Waals surface area (Å²) in [6.45, 7) is 0. The van der Waals surface area contributed by atoms with Crippen molar-refractivity contribution in [2.75, 3.05) is 0 Å². The molecule has 19 heavy (non-hydrogen) atoms. The highest BCUT2D eigenvalue weighted by atomic mass is 16.3. The van der Waals surface area contributed by atoms with Gasteiger partial charge in [-0.2, -0.15) is 0 Å². The van der Waals surface area contributed by atoms with Gasteiger partial charge >= 0.3 is 0 Å². The van der Waals surface area contributed by atoms with E-state index in [2.05, 4.69) is 0 Å². The zero-order chi connectivity index (χ0) is 13.4. The summed E-state index contributed by atoms with van der Waals surface area (Å²) in [7, 11) is 0. The second-order valence-electron chi connectivity index (χ2n) is 4.39. The lowest BCUT2D eigenvalue weighted by Crippen LogP contribution is -1.83. The van der Waals surface area contributed by atoms with Crippen molar-refractivity contribution in [3.63, 3.8) is 0 Å². The third-order valence-corrected chi connectivity index (χ3v) is 3.15. The first kappa shape index (κ1) is 11.4. The number of hydrogen-bond acceptors (Lipinski definition) is 3. The van der Waals surface area contributed by atoms with Crippen molar-refractivity contribution >= 4 is 10.8 Å². The molecule has 3 rings (SSSR count). The molecule has 0 aliphatic carbocycles. The predicted octanol–water partition coefficient (Wildman–Crippen LogP) is 3.62. The van der Waals surface area contributed by atoms with Gasteiger partial charge in [-0.25, -0.2) is 0 Å². The van der Waals surface area contributed by atoms with E-state index >= 15 is 0 Å². The lowest BCUT2D eigenvalue weighted by Gasteiger charge is -2.10. The minimum absolute atomic E-state index is 0.0236. The maximum Gasteiger partial charge on any atom is 0.127 e. The number of aromatic hydroxyl groups is 3. The van der Waals surface area contributed by atoms with Gasteiger partial charge in [0.1, 0.15) is 17.2 Å². The molecule has 0 unspecified atom stereocenters. The van der Waals surface area contributed by atoms with Gasteiger partial charge in [0.2, 0.25) is 0 Å². The monoisotopic (exact) mass is 252 g/mol. The molecule has 3 nitrogen and oxygen atoms in total. The van der Waals surface area contributed by atoms with Crippen LogP contribution in [0.4, 0.5) is 0 Å². The summed E-state index contributed by atoms with van der Waals surface area (Å²) in [5, 5.41) is 31.7. The third kappa shape index (κ3) is 1.85. The fourth-order valence-electron chi connectivity index (χ4n) is 2.23. The molecule has 0 saturated heterocycles. The molecule has 0 heterocycles. The number of rotatable bonds is 1. The van der Waals surface area contributed by atoms with Gasteiger partial charge in [-0.15, -0.1) is 0 Å². The minimum Gasteiger partial charge on any atom is -0.507 e. The zero-order valence-electron chi connectivity index (χ0n) is 10.0. The normalized spacial score (nSPS) is 10.7. The standard InChI is InChI=1S/C16H12O3/c17-13-6-3-7-14(18)16(13)12-8-10-4-1-2-5-11(10)9-15(12)19/h1-9,17-19H. The molecule has 3 aromatic rings. The van der Waals surface area contributed by atoms with Gasteiger partial charge in [-0.05, 0) is 35.0 Å². The van der Waals surface area contributed by atoms with Crippen LogP contribution in [-0.2, 0) is 0 Å². The second kappa shape index (κ2) is 4.21. The van der Waals surface area contributed by atoms with Crippen LogP contribution in [0.25, 0.3) is 21.9 Å². The Hall–Kier alpha value is -2.68. The smallest absolute Gasteiger partial charge is 0.127 e. The molecule has 0 aliphatic heterocycles. The van der Waals surface area contributed by atoms with Crippen LogP contribution in [0, 0.1) is 0 Å². The first-order valence-electron chi connectivity index (χ1n) is 5.90. The summed E-state index contributed by atoms with van der Waals surface area (Å²) in [6.07, 6.45) is 0. The summed E-state index contributed by atoms with van der Waals surface area (Å²) in [4.78, 5) is 0. The topological polar surface area (TPSA) is 60.7 Å². The Kier molecular flexibility index (Phi) is 2.53. The first-order chi connectivity index (χ1) is 9.16. The highest BCUT2D eigenvalue weighted by Crippen LogP contribution is 2.42. The van der Waals surface area contributed by atoms with Crippen molar-refractivity contribution in [1.29, 1.82) is 0 Å². The maximum atomic E-state index is 10.1. The minimum atomic E-state index is -0.0643. The first-order valence-corrected chi connectivity index (χ1v) is 5.90. The van der Waals surface area contributed by atoms with E-state index in [1.807, 2.05) is 24.3 Å². The van der Waals surface area contributed by atoms with Crippen molar-refractivity contribution in [3.8, 4) is 28.4 Å². The number of fused-ring (bicyclic) bond motifs is 1. The Bertz CT molecular complexity index is 743. The summed E-state index contributed by atoms with van der Waals surface area (Å²) >= 11 is 0. The molecule has 0 bridgehead atoms. The van der Waals surface area contributed by atoms with E-state index in [1.165, 1.54) is 12.1 Å². The van der Waals surface area contributed by atoms with Crippen LogP contribution in [0.2, 0.25) is 0 Å². The molecule has 0 amide bonds. The maximum absolute atomic E-state index is 10.1. The van der Waals surface area contributed by atoms with E-state index in [4.69, 9.17) is 0 Å². The zero-order valence-corrected chi connectivity index (χ0v) is 10.0. The van der Waals surface area contributed by atoms with E-state index in [0.29, 0.717) is 5.56 Å². The lowest BCUT2D eigenvalue weighted by molar-refractivity contribution is 0.450. The van der Waals surface area contributed by atoms with Gasteiger partial charge in [0.15, 0.2) is 0 Å². The van der Waals surface area contributed by atoms with E-state index in [0.717, 1.165) is 10.8 Å². The number of benzene rings is 3. The molecule has 94 valence electrons. The average molecular weight is 252 g/mol. The number of hydrogen-bond donors (Lipinski definition) is 3. The Morgan fingerprint density at radius 3 is 1.79 bits per heavy atom. The van der Waals surface area contributed by atoms with Crippen molar-refractivity contribution in [1.82, 2.24) is 0 Å². The van der Waals surface area contributed by atoms with Crippen LogP contribution >= 0.6 is 0 Å². The molecule has 0 saturated carbocycles. The molecule has 3 heteroatoms. The van der Waals surface area contributed by atoms with Crippen LogP contribution in [0.15, 0.2) is 54.6 Å². The summed E-state index contributed by atoms with van der Waals surface area (Å²) in [5.74, 6) is -0.105. The van der Waals surface area contributed by atoms with Crippen LogP contribution in [0.3, 0.4) is 0 Å². The molecule has 0 aliphatic rings. The molecule has 0 spiro atoms. The van der Waals surface area contributed by atoms with Gasteiger partial charge in [-0.3, -0.25) is 0 Å². The van der Waals surface area contributed by atoms with Crippen molar-refractivity contribution in [2.45, 2.75) is 0 Å². The predicted molar refractivity (Wildman–Crippen MR) is 74.4 cm³/mol. The largest absolute Gasteiger partial charge is 0.507 e. The summed E-state index contributed by atoms with van der Waals surface area (Å²) in [5.41, 5.74) is 0.653. The SMILES string of the molecule is Oc1cc2ccccc2cc1-c1c(O)cccc1O. The highest BCUT2D eigenvalue weighted by molar-refractivity contribution is 5.92. The van der Waals surface area contributed by atoms with Crippen molar-refractivity contribution in [2.24, 2.45) is 0 Å². The van der Waals surface area contributed by atoms with Crippen molar-refractivity contribution < 1.29 is 15.3 Å². The van der Waals surface area contributed by atoms with Gasteiger partial charge in [0, 0.05) is 5.56 Å². The molecule has 0 radical (unpaired) electrons. The van der Waals surface area contributed by atoms with E-state index in [9.17, 15) is 15.3 Å². The number of phenols is 3. The van der Waals surface area contributed by atoms with Crippen LogP contribution < -0.4 is 0 Å². The van der Waals surface area contributed by atoms with Gasteiger partial charge < -0.3 is 15.3 Å². The second-order valence-corrected chi connectivity index (χ2v) is 4.39. The molecule has 0 aromatic heterocycles. The Morgan fingerprint density at radius 2 is 1.16 bits per heavy atom. The molecule has 0 atom stereocenters. The highest BCUT2D eigenvalue weighted by Gasteiger charge is 2.14. The average Bonchev–Trinajstić information content (AvgIpc) is 2.39. The fourth-order valence-corrected chi connectivity index (χ4v) is 2.23. The van der Waals surface area contributed by atoms with E-state index < -0.39 is 0 Å². The van der Waals surface area contributed by atoms with Crippen LogP contribution in [0.1, 0.15) is 0 Å². The third-order valence-electron chi connectivity index (χ3n) is 3.15. The Balaban J connectivity index is 2.33. The molecule has 0 fully saturated rings. The van der Waals surface area contributed by atoms with Crippen LogP contribution in [0.5, 0.6) is 17.2 Å². The molecular formula is C16H12O3. The lowest BCUT2D eigenvalue weighted by atomic mass is 9.98. The Labute approximate surface area is 110 Å². The fraction of sp³-hybridized carbons (Fsp3) is 0. The quantitative estimate of drug-likeness (QED) is 0.619. The summed E-state index contributed by atoms with van der Waals surface area (Å²) < 4.78 is 0. The van der Waals surface area contributed by atoms with Crippen molar-refractivity contribution in [3.05, 3.63) is 54.6 Å². The number of phenolic OH excluding ortho intramolecular Hbond substituents is 3. The van der Waals surface area contributed by atoms with Gasteiger partial charge in [0.05, 0.1) is 5.56 Å². The molecule has 3 N–H and O–H groups in total. The summed E-state index contributed by atoms with van der Waals surface area (Å²) in [6, 6.07) is 15.5. The van der Waals surface area contributed by atoms with Gasteiger partial charge in [-0.1, -0.05) is 30.3 Å². The van der Waals surface area contributed by atoms with Gasteiger partial charge in [0.25, 0.3) is 0 Å². The van der Waals surface area contributed by atoms with Crippen LogP contribution in [-0.4, -0.2) is 15.3 Å².